The smallest absolute Gasteiger partial charge is 0.159 e. The fourth-order valence-corrected chi connectivity index (χ4v) is 2.60. The molecule has 2 aromatic carbocycles. The van der Waals surface area contributed by atoms with E-state index in [9.17, 15) is 0 Å². The zero-order valence-corrected chi connectivity index (χ0v) is 11.1. The quantitative estimate of drug-likeness (QED) is 0.475. The van der Waals surface area contributed by atoms with E-state index in [1.54, 1.807) is 6.26 Å². The molecular weight excluding hydrogens is 272 g/mol. The summed E-state index contributed by atoms with van der Waals surface area (Å²) in [7, 11) is 0. The zero-order chi connectivity index (χ0) is 13.5. The maximum absolute atomic E-state index is 6.19. The Kier molecular flexibility index (Phi) is 2.47. The van der Waals surface area contributed by atoms with Crippen LogP contribution >= 0.6 is 11.6 Å². The molecule has 0 atom stereocenters. The first-order valence-electron chi connectivity index (χ1n) is 6.21. The highest BCUT2D eigenvalue weighted by atomic mass is 35.5. The topological polar surface area (TPSA) is 38.9 Å². The molecule has 0 spiro atoms. The molecule has 0 N–H and O–H groups in total. The second kappa shape index (κ2) is 4.32. The molecule has 0 radical (unpaired) electrons. The van der Waals surface area contributed by atoms with Gasteiger partial charge in [-0.15, -0.1) is 10.2 Å². The predicted molar refractivity (Wildman–Crippen MR) is 79.8 cm³/mol. The van der Waals surface area contributed by atoms with Gasteiger partial charge in [0.2, 0.25) is 0 Å². The summed E-state index contributed by atoms with van der Waals surface area (Å²) in [6, 6.07) is 15.9. The number of fused-ring (bicyclic) bond motifs is 2. The number of halogens is 1. The van der Waals surface area contributed by atoms with Gasteiger partial charge >= 0.3 is 0 Å². The van der Waals surface area contributed by atoms with Gasteiger partial charge in [0, 0.05) is 10.8 Å². The third kappa shape index (κ3) is 1.67. The van der Waals surface area contributed by atoms with Crippen molar-refractivity contribution in [3.63, 3.8) is 0 Å². The summed E-state index contributed by atoms with van der Waals surface area (Å²) in [4.78, 5) is 0. The van der Waals surface area contributed by atoms with Crippen LogP contribution in [0.3, 0.4) is 0 Å². The number of hydrogen-bond donors (Lipinski definition) is 0. The molecule has 4 rings (SSSR count). The van der Waals surface area contributed by atoms with Crippen molar-refractivity contribution in [2.75, 3.05) is 0 Å². The number of furan rings is 1. The molecule has 3 nitrogen and oxygen atoms in total. The molecule has 0 bridgehead atoms. The molecule has 2 heterocycles. The molecule has 0 saturated heterocycles. The van der Waals surface area contributed by atoms with Gasteiger partial charge in [0.25, 0.3) is 0 Å². The molecule has 0 saturated carbocycles. The fourth-order valence-electron chi connectivity index (χ4n) is 2.40. The highest BCUT2D eigenvalue weighted by molar-refractivity contribution is 6.35. The minimum Gasteiger partial charge on any atom is -0.463 e. The van der Waals surface area contributed by atoms with Crippen molar-refractivity contribution < 1.29 is 4.42 Å². The average Bonchev–Trinajstić information content (AvgIpc) is 3.00. The molecule has 0 aliphatic heterocycles. The highest BCUT2D eigenvalue weighted by Crippen LogP contribution is 2.32. The van der Waals surface area contributed by atoms with Crippen LogP contribution in [-0.2, 0) is 0 Å². The first-order chi connectivity index (χ1) is 9.83. The van der Waals surface area contributed by atoms with E-state index in [1.165, 1.54) is 0 Å². The lowest BCUT2D eigenvalue weighted by atomic mass is 10.0. The summed E-state index contributed by atoms with van der Waals surface area (Å²) in [5.41, 5.74) is 0.708. The van der Waals surface area contributed by atoms with Crippen molar-refractivity contribution in [3.8, 4) is 11.5 Å². The van der Waals surface area contributed by atoms with E-state index in [-0.39, 0.29) is 0 Å². The predicted octanol–water partition coefficient (Wildman–Crippen LogP) is 4.70. The summed E-state index contributed by atoms with van der Waals surface area (Å²) >= 11 is 6.19. The first-order valence-corrected chi connectivity index (χ1v) is 6.59. The first kappa shape index (κ1) is 11.4. The largest absolute Gasteiger partial charge is 0.463 e. The molecule has 0 amide bonds. The Morgan fingerprint density at radius 1 is 0.850 bits per heavy atom. The molecule has 0 aliphatic carbocycles. The second-order valence-corrected chi connectivity index (χ2v) is 4.92. The van der Waals surface area contributed by atoms with Gasteiger partial charge in [-0.25, -0.2) is 0 Å². The van der Waals surface area contributed by atoms with Crippen LogP contribution in [0.2, 0.25) is 5.15 Å². The van der Waals surface area contributed by atoms with Crippen LogP contribution in [0.25, 0.3) is 33.0 Å². The van der Waals surface area contributed by atoms with Crippen LogP contribution in [0.15, 0.2) is 59.2 Å². The Hall–Kier alpha value is -2.39. The van der Waals surface area contributed by atoms with Crippen LogP contribution in [0.1, 0.15) is 0 Å². The van der Waals surface area contributed by atoms with Gasteiger partial charge < -0.3 is 4.42 Å². The molecule has 0 aliphatic rings. The van der Waals surface area contributed by atoms with Gasteiger partial charge in [-0.1, -0.05) is 35.9 Å². The van der Waals surface area contributed by atoms with E-state index in [4.69, 9.17) is 16.0 Å². The van der Waals surface area contributed by atoms with E-state index in [2.05, 4.69) is 28.4 Å². The lowest BCUT2D eigenvalue weighted by Crippen LogP contribution is -1.91. The van der Waals surface area contributed by atoms with E-state index < -0.39 is 0 Å². The lowest BCUT2D eigenvalue weighted by Gasteiger charge is -2.06. The van der Waals surface area contributed by atoms with Gasteiger partial charge in [0.05, 0.1) is 6.26 Å². The standard InChI is InChI=1S/C16H9ClN2O/c17-16-13-9-11-5-2-1-4-10(11)8-12(13)15(18-19-16)14-6-3-7-20-14/h1-9H. The third-order valence-corrected chi connectivity index (χ3v) is 3.63. The van der Waals surface area contributed by atoms with Crippen molar-refractivity contribution in [1.29, 1.82) is 0 Å². The van der Waals surface area contributed by atoms with Crippen molar-refractivity contribution in [2.24, 2.45) is 0 Å². The summed E-state index contributed by atoms with van der Waals surface area (Å²) in [5.74, 6) is 0.689. The van der Waals surface area contributed by atoms with Crippen LogP contribution in [0.5, 0.6) is 0 Å². The van der Waals surface area contributed by atoms with Crippen molar-refractivity contribution in [2.45, 2.75) is 0 Å². The molecule has 4 aromatic rings. The Morgan fingerprint density at radius 3 is 2.30 bits per heavy atom. The number of aromatic nitrogens is 2. The fraction of sp³-hybridized carbons (Fsp3) is 0. The van der Waals surface area contributed by atoms with Crippen LogP contribution in [-0.4, -0.2) is 10.2 Å². The summed E-state index contributed by atoms with van der Waals surface area (Å²) in [6.45, 7) is 0. The maximum atomic E-state index is 6.19. The zero-order valence-electron chi connectivity index (χ0n) is 10.4. The Morgan fingerprint density at radius 2 is 1.60 bits per heavy atom. The monoisotopic (exact) mass is 280 g/mol. The van der Waals surface area contributed by atoms with E-state index in [0.717, 1.165) is 21.5 Å². The molecule has 0 unspecified atom stereocenters. The molecule has 96 valence electrons. The number of hydrogen-bond acceptors (Lipinski definition) is 3. The van der Waals surface area contributed by atoms with E-state index >= 15 is 0 Å². The summed E-state index contributed by atoms with van der Waals surface area (Å²) in [5, 5.41) is 12.7. The number of nitrogens with zero attached hydrogens (tertiary/aromatic N) is 2. The lowest BCUT2D eigenvalue weighted by molar-refractivity contribution is 0.579. The van der Waals surface area contributed by atoms with Crippen LogP contribution in [0.4, 0.5) is 0 Å². The molecule has 2 aromatic heterocycles. The van der Waals surface area contributed by atoms with Gasteiger partial charge in [-0.2, -0.15) is 0 Å². The molecule has 0 fully saturated rings. The maximum Gasteiger partial charge on any atom is 0.159 e. The van der Waals surface area contributed by atoms with Crippen molar-refractivity contribution in [1.82, 2.24) is 10.2 Å². The van der Waals surface area contributed by atoms with Crippen molar-refractivity contribution >= 4 is 33.1 Å². The average molecular weight is 281 g/mol. The molecule has 20 heavy (non-hydrogen) atoms. The normalized spacial score (nSPS) is 11.2. The minimum atomic E-state index is 0.404. The van der Waals surface area contributed by atoms with Crippen LogP contribution in [0, 0.1) is 0 Å². The highest BCUT2D eigenvalue weighted by Gasteiger charge is 2.12. The van der Waals surface area contributed by atoms with Crippen LogP contribution < -0.4 is 0 Å². The second-order valence-electron chi connectivity index (χ2n) is 4.56. The SMILES string of the molecule is Clc1nnc(-c2ccco2)c2cc3ccccc3cc12. The summed E-state index contributed by atoms with van der Waals surface area (Å²) in [6.07, 6.45) is 1.62. The summed E-state index contributed by atoms with van der Waals surface area (Å²) < 4.78 is 5.43. The minimum absolute atomic E-state index is 0.404. The Bertz CT molecular complexity index is 916. The number of rotatable bonds is 1. The van der Waals surface area contributed by atoms with Crippen molar-refractivity contribution in [3.05, 3.63) is 59.9 Å². The van der Waals surface area contributed by atoms with Gasteiger partial charge in [-0.05, 0) is 35.0 Å². The van der Waals surface area contributed by atoms with E-state index in [1.807, 2.05) is 30.3 Å². The van der Waals surface area contributed by atoms with Gasteiger partial charge in [0.15, 0.2) is 10.9 Å². The Labute approximate surface area is 119 Å². The van der Waals surface area contributed by atoms with Gasteiger partial charge in [-0.3, -0.25) is 0 Å². The van der Waals surface area contributed by atoms with Gasteiger partial charge in [0.1, 0.15) is 5.69 Å². The number of benzene rings is 2. The Balaban J connectivity index is 2.16. The van der Waals surface area contributed by atoms with E-state index in [0.29, 0.717) is 16.6 Å². The molecular formula is C16H9ClN2O. The third-order valence-electron chi connectivity index (χ3n) is 3.36. The molecule has 4 heteroatoms.